The van der Waals surface area contributed by atoms with Crippen LogP contribution in [0, 0.1) is 6.92 Å². The topological polar surface area (TPSA) is 43.6 Å². The van der Waals surface area contributed by atoms with Crippen LogP contribution in [-0.2, 0) is 6.54 Å². The van der Waals surface area contributed by atoms with Crippen LogP contribution in [0.1, 0.15) is 11.4 Å². The molecule has 0 aliphatic rings. The first-order valence-corrected chi connectivity index (χ1v) is 11.5. The van der Waals surface area contributed by atoms with Gasteiger partial charge in [0.25, 0.3) is 0 Å². The van der Waals surface area contributed by atoms with Crippen molar-refractivity contribution in [3.05, 3.63) is 101 Å². The lowest BCUT2D eigenvalue weighted by molar-refractivity contribution is 0.786. The summed E-state index contributed by atoms with van der Waals surface area (Å²) >= 11 is 1.63. The van der Waals surface area contributed by atoms with Crippen LogP contribution in [0.2, 0.25) is 0 Å². The minimum absolute atomic E-state index is 0.785. The molecule has 4 nitrogen and oxygen atoms in total. The Balaban J connectivity index is 1.40. The third kappa shape index (κ3) is 3.27. The molecule has 0 aliphatic heterocycles. The van der Waals surface area contributed by atoms with Crippen molar-refractivity contribution in [2.24, 2.45) is 0 Å². The first-order valence-electron chi connectivity index (χ1n) is 10.6. The normalized spacial score (nSPS) is 11.4. The number of hydrogen-bond acceptors (Lipinski definition) is 4. The third-order valence-corrected chi connectivity index (χ3v) is 6.49. The molecule has 0 saturated carbocycles. The molecule has 6 rings (SSSR count). The SMILES string of the molecule is Cc1nc2ccccc2n1Cc1ccc(-c2nc3cscc3nc2-c2ccccc2)cc1. The molecule has 0 spiro atoms. The van der Waals surface area contributed by atoms with Gasteiger partial charge < -0.3 is 4.57 Å². The number of rotatable bonds is 4. The van der Waals surface area contributed by atoms with Crippen molar-refractivity contribution in [2.75, 3.05) is 0 Å². The Hall–Kier alpha value is -3.83. The van der Waals surface area contributed by atoms with Gasteiger partial charge in [0.15, 0.2) is 0 Å². The fraction of sp³-hybridized carbons (Fsp3) is 0.0741. The lowest BCUT2D eigenvalue weighted by Crippen LogP contribution is -2.02. The molecular weight excluding hydrogens is 412 g/mol. The zero-order chi connectivity index (χ0) is 21.5. The summed E-state index contributed by atoms with van der Waals surface area (Å²) in [5.74, 6) is 1.02. The smallest absolute Gasteiger partial charge is 0.107 e. The summed E-state index contributed by atoms with van der Waals surface area (Å²) in [5, 5.41) is 4.11. The first-order chi connectivity index (χ1) is 15.8. The molecule has 3 heterocycles. The van der Waals surface area contributed by atoms with Gasteiger partial charge in [0.05, 0.1) is 22.4 Å². The fourth-order valence-corrected chi connectivity index (χ4v) is 4.82. The summed E-state index contributed by atoms with van der Waals surface area (Å²) in [4.78, 5) is 14.6. The summed E-state index contributed by atoms with van der Waals surface area (Å²) < 4.78 is 2.26. The molecule has 0 amide bonds. The number of fused-ring (bicyclic) bond motifs is 2. The Morgan fingerprint density at radius 1 is 0.656 bits per heavy atom. The lowest BCUT2D eigenvalue weighted by Gasteiger charge is -2.11. The summed E-state index contributed by atoms with van der Waals surface area (Å²) in [6.45, 7) is 2.85. The molecule has 0 fully saturated rings. The van der Waals surface area contributed by atoms with E-state index in [1.807, 2.05) is 24.3 Å². The van der Waals surface area contributed by atoms with E-state index in [1.54, 1.807) is 11.3 Å². The molecule has 32 heavy (non-hydrogen) atoms. The molecule has 0 aliphatic carbocycles. The van der Waals surface area contributed by atoms with Crippen molar-refractivity contribution >= 4 is 33.4 Å². The van der Waals surface area contributed by atoms with Gasteiger partial charge >= 0.3 is 0 Å². The number of nitrogens with zero attached hydrogens (tertiary/aromatic N) is 4. The van der Waals surface area contributed by atoms with E-state index in [2.05, 4.69) is 81.8 Å². The lowest BCUT2D eigenvalue weighted by atomic mass is 10.0. The molecule has 0 atom stereocenters. The van der Waals surface area contributed by atoms with Crippen LogP contribution in [0.15, 0.2) is 89.6 Å². The van der Waals surface area contributed by atoms with Gasteiger partial charge in [-0.05, 0) is 24.6 Å². The van der Waals surface area contributed by atoms with Crippen molar-refractivity contribution in [1.82, 2.24) is 19.5 Å². The van der Waals surface area contributed by atoms with Crippen molar-refractivity contribution in [3.8, 4) is 22.5 Å². The van der Waals surface area contributed by atoms with Crippen LogP contribution in [0.4, 0.5) is 0 Å². The number of imidazole rings is 1. The Morgan fingerprint density at radius 3 is 2.00 bits per heavy atom. The second kappa shape index (κ2) is 7.70. The number of thiophene rings is 1. The van der Waals surface area contributed by atoms with Gasteiger partial charge in [-0.25, -0.2) is 15.0 Å². The predicted molar refractivity (Wildman–Crippen MR) is 132 cm³/mol. The van der Waals surface area contributed by atoms with Gasteiger partial charge in [-0.15, -0.1) is 11.3 Å². The van der Waals surface area contributed by atoms with Crippen molar-refractivity contribution in [1.29, 1.82) is 0 Å². The van der Waals surface area contributed by atoms with Crippen LogP contribution >= 0.6 is 11.3 Å². The van der Waals surface area contributed by atoms with E-state index in [4.69, 9.17) is 9.97 Å². The molecule has 5 heteroatoms. The summed E-state index contributed by atoms with van der Waals surface area (Å²) in [5.41, 5.74) is 9.28. The number of aromatic nitrogens is 4. The van der Waals surface area contributed by atoms with Crippen molar-refractivity contribution in [2.45, 2.75) is 13.5 Å². The minimum Gasteiger partial charge on any atom is -0.324 e. The van der Waals surface area contributed by atoms with Crippen molar-refractivity contribution in [3.63, 3.8) is 0 Å². The highest BCUT2D eigenvalue weighted by Crippen LogP contribution is 2.32. The quantitative estimate of drug-likeness (QED) is 0.310. The Bertz CT molecular complexity index is 1550. The van der Waals surface area contributed by atoms with Crippen LogP contribution in [0.3, 0.4) is 0 Å². The van der Waals surface area contributed by atoms with Gasteiger partial charge in [-0.3, -0.25) is 0 Å². The van der Waals surface area contributed by atoms with E-state index in [-0.39, 0.29) is 0 Å². The molecular formula is C27H20N4S. The van der Waals surface area contributed by atoms with E-state index in [0.717, 1.165) is 57.0 Å². The van der Waals surface area contributed by atoms with Gasteiger partial charge in [0, 0.05) is 28.4 Å². The van der Waals surface area contributed by atoms with Crippen LogP contribution in [0.25, 0.3) is 44.6 Å². The average molecular weight is 433 g/mol. The van der Waals surface area contributed by atoms with Gasteiger partial charge in [-0.1, -0.05) is 66.7 Å². The first kappa shape index (κ1) is 18.9. The zero-order valence-electron chi connectivity index (χ0n) is 17.6. The molecule has 3 aromatic carbocycles. The zero-order valence-corrected chi connectivity index (χ0v) is 18.4. The van der Waals surface area contributed by atoms with Gasteiger partial charge in [-0.2, -0.15) is 0 Å². The maximum Gasteiger partial charge on any atom is 0.107 e. The third-order valence-electron chi connectivity index (χ3n) is 5.77. The summed E-state index contributed by atoms with van der Waals surface area (Å²) in [7, 11) is 0. The predicted octanol–water partition coefficient (Wildman–Crippen LogP) is 6.73. The van der Waals surface area contributed by atoms with E-state index in [9.17, 15) is 0 Å². The molecule has 0 radical (unpaired) electrons. The van der Waals surface area contributed by atoms with Crippen LogP contribution in [-0.4, -0.2) is 19.5 Å². The monoisotopic (exact) mass is 432 g/mol. The van der Waals surface area contributed by atoms with E-state index < -0.39 is 0 Å². The molecule has 3 aromatic heterocycles. The largest absolute Gasteiger partial charge is 0.324 e. The van der Waals surface area contributed by atoms with Crippen molar-refractivity contribution < 1.29 is 0 Å². The van der Waals surface area contributed by atoms with E-state index in [1.165, 1.54) is 5.56 Å². The summed E-state index contributed by atoms with van der Waals surface area (Å²) in [6, 6.07) is 27.2. The Kier molecular flexibility index (Phi) is 4.55. The number of hydrogen-bond donors (Lipinski definition) is 0. The molecule has 154 valence electrons. The maximum absolute atomic E-state index is 4.97. The standard InChI is InChI=1S/C27H20N4S/c1-18-28-22-9-5-6-10-25(22)31(18)15-19-11-13-21(14-12-19)27-26(20-7-3-2-4-8-20)29-23-16-32-17-24(23)30-27/h2-14,16-17H,15H2,1H3. The van der Waals surface area contributed by atoms with E-state index in [0.29, 0.717) is 0 Å². The minimum atomic E-state index is 0.785. The molecule has 0 saturated heterocycles. The molecule has 0 N–H and O–H groups in total. The highest BCUT2D eigenvalue weighted by molar-refractivity contribution is 7.09. The number of benzene rings is 3. The maximum atomic E-state index is 4.97. The average Bonchev–Trinajstić information content (AvgIpc) is 3.43. The second-order valence-corrected chi connectivity index (χ2v) is 8.60. The van der Waals surface area contributed by atoms with E-state index >= 15 is 0 Å². The van der Waals surface area contributed by atoms with Gasteiger partial charge in [0.2, 0.25) is 0 Å². The number of aryl methyl sites for hydroxylation is 1. The molecule has 0 unspecified atom stereocenters. The highest BCUT2D eigenvalue weighted by Gasteiger charge is 2.14. The Labute approximate surface area is 189 Å². The van der Waals surface area contributed by atoms with Crippen LogP contribution < -0.4 is 0 Å². The fourth-order valence-electron chi connectivity index (χ4n) is 4.14. The summed E-state index contributed by atoms with van der Waals surface area (Å²) in [6.07, 6.45) is 0. The van der Waals surface area contributed by atoms with Gasteiger partial charge in [0.1, 0.15) is 16.9 Å². The van der Waals surface area contributed by atoms with Crippen LogP contribution in [0.5, 0.6) is 0 Å². The molecule has 6 aromatic rings. The molecule has 0 bridgehead atoms. The number of para-hydroxylation sites is 2. The Morgan fingerprint density at radius 2 is 1.28 bits per heavy atom. The second-order valence-electron chi connectivity index (χ2n) is 7.86. The highest BCUT2D eigenvalue weighted by atomic mass is 32.1.